The van der Waals surface area contributed by atoms with E-state index in [4.69, 9.17) is 5.26 Å². The number of hydrogen-bond acceptors (Lipinski definition) is 2. The van der Waals surface area contributed by atoms with E-state index in [0.29, 0.717) is 4.47 Å². The van der Waals surface area contributed by atoms with Crippen LogP contribution in [-0.2, 0) is 0 Å². The molecule has 0 amide bonds. The van der Waals surface area contributed by atoms with Crippen LogP contribution in [0.5, 0.6) is 0 Å². The van der Waals surface area contributed by atoms with Crippen molar-refractivity contribution in [2.45, 2.75) is 0 Å². The van der Waals surface area contributed by atoms with Gasteiger partial charge in [0.2, 0.25) is 0 Å². The minimum atomic E-state index is -0.638. The fraction of sp³-hybridized carbons (Fsp3) is 0. The zero-order valence-corrected chi connectivity index (χ0v) is 12.5. The summed E-state index contributed by atoms with van der Waals surface area (Å²) in [6.07, 6.45) is 0. The van der Waals surface area contributed by atoms with Crippen LogP contribution in [-0.4, -0.2) is 0 Å². The SMILES string of the molecule is N#Cc1ccc(Nc2ccc(Br)cc2F)c(F)c1Br. The van der Waals surface area contributed by atoms with Gasteiger partial charge >= 0.3 is 0 Å². The molecule has 6 heteroatoms. The average Bonchev–Trinajstić information content (AvgIpc) is 2.38. The Labute approximate surface area is 125 Å². The first-order chi connectivity index (χ1) is 9.02. The zero-order valence-electron chi connectivity index (χ0n) is 9.35. The molecule has 0 spiro atoms. The maximum Gasteiger partial charge on any atom is 0.162 e. The Hall–Kier alpha value is -1.45. The third-order valence-corrected chi connectivity index (χ3v) is 3.67. The van der Waals surface area contributed by atoms with Gasteiger partial charge in [-0.05, 0) is 46.3 Å². The number of hydrogen-bond donors (Lipinski definition) is 1. The quantitative estimate of drug-likeness (QED) is 0.777. The first kappa shape index (κ1) is 14.0. The molecule has 0 saturated heterocycles. The van der Waals surface area contributed by atoms with Crippen molar-refractivity contribution >= 4 is 43.2 Å². The van der Waals surface area contributed by atoms with Gasteiger partial charge < -0.3 is 5.32 Å². The summed E-state index contributed by atoms with van der Waals surface area (Å²) in [5, 5.41) is 11.4. The molecule has 0 fully saturated rings. The Kier molecular flexibility index (Phi) is 4.17. The number of halogens is 4. The van der Waals surface area contributed by atoms with E-state index in [1.54, 1.807) is 6.07 Å². The van der Waals surface area contributed by atoms with E-state index in [9.17, 15) is 8.78 Å². The molecule has 0 atom stereocenters. The lowest BCUT2D eigenvalue weighted by Crippen LogP contribution is -1.98. The fourth-order valence-electron chi connectivity index (χ4n) is 1.47. The Bertz CT molecular complexity index is 681. The second-order valence-electron chi connectivity index (χ2n) is 3.65. The van der Waals surface area contributed by atoms with Crippen molar-refractivity contribution in [2.24, 2.45) is 0 Å². The molecule has 0 heterocycles. The van der Waals surface area contributed by atoms with Gasteiger partial charge in [-0.2, -0.15) is 5.26 Å². The van der Waals surface area contributed by atoms with E-state index in [2.05, 4.69) is 37.2 Å². The summed E-state index contributed by atoms with van der Waals surface area (Å²) < 4.78 is 28.2. The molecule has 2 aromatic carbocycles. The second kappa shape index (κ2) is 5.68. The highest BCUT2D eigenvalue weighted by molar-refractivity contribution is 9.10. The molecule has 19 heavy (non-hydrogen) atoms. The van der Waals surface area contributed by atoms with Crippen LogP contribution in [0.2, 0.25) is 0 Å². The monoisotopic (exact) mass is 386 g/mol. The van der Waals surface area contributed by atoms with Crippen LogP contribution in [0.4, 0.5) is 20.2 Å². The zero-order chi connectivity index (χ0) is 14.0. The Morgan fingerprint density at radius 1 is 1.05 bits per heavy atom. The molecule has 96 valence electrons. The lowest BCUT2D eigenvalue weighted by Gasteiger charge is -2.10. The fourth-order valence-corrected chi connectivity index (χ4v) is 2.24. The first-order valence-corrected chi connectivity index (χ1v) is 6.71. The Morgan fingerprint density at radius 2 is 1.74 bits per heavy atom. The highest BCUT2D eigenvalue weighted by Crippen LogP contribution is 2.30. The van der Waals surface area contributed by atoms with E-state index < -0.39 is 11.6 Å². The molecule has 2 nitrogen and oxygen atoms in total. The van der Waals surface area contributed by atoms with Crippen LogP contribution in [0.3, 0.4) is 0 Å². The topological polar surface area (TPSA) is 35.8 Å². The molecule has 0 aliphatic heterocycles. The van der Waals surface area contributed by atoms with E-state index in [0.717, 1.165) is 0 Å². The highest BCUT2D eigenvalue weighted by Gasteiger charge is 2.12. The first-order valence-electron chi connectivity index (χ1n) is 5.13. The summed E-state index contributed by atoms with van der Waals surface area (Å²) in [6, 6.07) is 9.10. The summed E-state index contributed by atoms with van der Waals surface area (Å²) >= 11 is 6.14. The van der Waals surface area contributed by atoms with Crippen molar-refractivity contribution in [3.63, 3.8) is 0 Å². The van der Waals surface area contributed by atoms with Gasteiger partial charge in [-0.3, -0.25) is 0 Å². The normalized spacial score (nSPS) is 10.1. The van der Waals surface area contributed by atoms with Crippen LogP contribution in [0.1, 0.15) is 5.56 Å². The number of nitriles is 1. The number of nitrogens with one attached hydrogen (secondary N) is 1. The predicted molar refractivity (Wildman–Crippen MR) is 76.2 cm³/mol. The van der Waals surface area contributed by atoms with Crippen molar-refractivity contribution < 1.29 is 8.78 Å². The molecule has 0 saturated carbocycles. The van der Waals surface area contributed by atoms with Gasteiger partial charge in [0, 0.05) is 4.47 Å². The summed E-state index contributed by atoms with van der Waals surface area (Å²) in [7, 11) is 0. The molecule has 2 aromatic rings. The maximum atomic E-state index is 14.0. The Balaban J connectivity index is 2.39. The number of anilines is 2. The molecule has 0 unspecified atom stereocenters. The largest absolute Gasteiger partial charge is 0.351 e. The van der Waals surface area contributed by atoms with E-state index >= 15 is 0 Å². The van der Waals surface area contributed by atoms with E-state index in [1.807, 2.05) is 6.07 Å². The smallest absolute Gasteiger partial charge is 0.162 e. The average molecular weight is 388 g/mol. The van der Waals surface area contributed by atoms with Gasteiger partial charge in [-0.15, -0.1) is 0 Å². The molecular formula is C13H6Br2F2N2. The van der Waals surface area contributed by atoms with E-state index in [1.165, 1.54) is 24.3 Å². The van der Waals surface area contributed by atoms with Crippen molar-refractivity contribution in [1.82, 2.24) is 0 Å². The maximum absolute atomic E-state index is 14.0. The van der Waals surface area contributed by atoms with Gasteiger partial charge in [-0.1, -0.05) is 15.9 Å². The van der Waals surface area contributed by atoms with Crippen LogP contribution in [0.15, 0.2) is 39.3 Å². The van der Waals surface area contributed by atoms with Crippen molar-refractivity contribution in [3.05, 3.63) is 56.5 Å². The predicted octanol–water partition coefficient (Wildman–Crippen LogP) is 5.11. The van der Waals surface area contributed by atoms with Crippen molar-refractivity contribution in [2.75, 3.05) is 5.32 Å². The van der Waals surface area contributed by atoms with Crippen LogP contribution >= 0.6 is 31.9 Å². The van der Waals surface area contributed by atoms with Gasteiger partial charge in [0.1, 0.15) is 11.9 Å². The molecule has 0 bridgehead atoms. The van der Waals surface area contributed by atoms with Gasteiger partial charge in [0.15, 0.2) is 5.82 Å². The standard InChI is InChI=1S/C13H6Br2F2N2/c14-8-2-4-10(9(16)5-8)19-11-3-1-7(6-18)12(15)13(11)17/h1-5,19H. The van der Waals surface area contributed by atoms with Crippen molar-refractivity contribution in [1.29, 1.82) is 5.26 Å². The molecule has 0 aliphatic rings. The Morgan fingerprint density at radius 3 is 2.37 bits per heavy atom. The second-order valence-corrected chi connectivity index (χ2v) is 5.36. The highest BCUT2D eigenvalue weighted by atomic mass is 79.9. The van der Waals surface area contributed by atoms with Gasteiger partial charge in [0.05, 0.1) is 21.4 Å². The number of benzene rings is 2. The molecule has 0 radical (unpaired) electrons. The van der Waals surface area contributed by atoms with Gasteiger partial charge in [0.25, 0.3) is 0 Å². The minimum Gasteiger partial charge on any atom is -0.351 e. The molecule has 0 aliphatic carbocycles. The third-order valence-electron chi connectivity index (χ3n) is 2.40. The number of nitrogens with zero attached hydrogens (tertiary/aromatic N) is 1. The summed E-state index contributed by atoms with van der Waals surface area (Å²) in [5.74, 6) is -1.14. The lowest BCUT2D eigenvalue weighted by atomic mass is 10.2. The number of rotatable bonds is 2. The summed E-state index contributed by atoms with van der Waals surface area (Å²) in [6.45, 7) is 0. The van der Waals surface area contributed by atoms with Crippen LogP contribution in [0.25, 0.3) is 0 Å². The van der Waals surface area contributed by atoms with Crippen LogP contribution in [0, 0.1) is 23.0 Å². The third kappa shape index (κ3) is 2.94. The summed E-state index contributed by atoms with van der Waals surface area (Å²) in [4.78, 5) is 0. The molecule has 0 aromatic heterocycles. The van der Waals surface area contributed by atoms with E-state index in [-0.39, 0.29) is 21.4 Å². The van der Waals surface area contributed by atoms with Crippen LogP contribution < -0.4 is 5.32 Å². The van der Waals surface area contributed by atoms with Gasteiger partial charge in [-0.25, -0.2) is 8.78 Å². The van der Waals surface area contributed by atoms with Crippen molar-refractivity contribution in [3.8, 4) is 6.07 Å². The lowest BCUT2D eigenvalue weighted by molar-refractivity contribution is 0.620. The minimum absolute atomic E-state index is 0.0533. The molecule has 2 rings (SSSR count). The summed E-state index contributed by atoms with van der Waals surface area (Å²) in [5.41, 5.74) is 0.421. The molecule has 1 N–H and O–H groups in total. The molecular weight excluding hydrogens is 382 g/mol.